The summed E-state index contributed by atoms with van der Waals surface area (Å²) in [6.07, 6.45) is 0. The molecule has 0 spiro atoms. The second-order valence-electron chi connectivity index (χ2n) is 2.69. The average molecular weight is 229 g/mol. The second-order valence-corrected chi connectivity index (χ2v) is 3.99. The van der Waals surface area contributed by atoms with E-state index < -0.39 is 5.82 Å². The molecule has 0 atom stereocenters. The predicted octanol–water partition coefficient (Wildman–Crippen LogP) is 3.18. The van der Waals surface area contributed by atoms with Crippen LogP contribution in [0.3, 0.4) is 0 Å². The topological polar surface area (TPSA) is 38.9 Å². The summed E-state index contributed by atoms with van der Waals surface area (Å²) in [5.41, 5.74) is 8.53. The molecule has 0 aliphatic carbocycles. The third-order valence-corrected chi connectivity index (χ3v) is 2.75. The molecule has 0 unspecified atom stereocenters. The Hall–Kier alpha value is -1.13. The molecular weight excluding hydrogens is 223 g/mol. The van der Waals surface area contributed by atoms with Crippen LogP contribution < -0.4 is 5.73 Å². The van der Waals surface area contributed by atoms with Crippen LogP contribution in [0.2, 0.25) is 5.02 Å². The first-order chi connectivity index (χ1) is 6.68. The number of rotatable bonds is 1. The molecule has 14 heavy (non-hydrogen) atoms. The molecule has 1 aromatic heterocycles. The Morgan fingerprint density at radius 3 is 2.79 bits per heavy atom. The minimum absolute atomic E-state index is 0.0996. The van der Waals surface area contributed by atoms with Gasteiger partial charge >= 0.3 is 0 Å². The molecule has 0 bridgehead atoms. The van der Waals surface area contributed by atoms with Gasteiger partial charge in [-0.25, -0.2) is 9.37 Å². The zero-order valence-electron chi connectivity index (χ0n) is 7.00. The van der Waals surface area contributed by atoms with Gasteiger partial charge < -0.3 is 5.73 Å². The normalized spacial score (nSPS) is 10.4. The summed E-state index contributed by atoms with van der Waals surface area (Å²) < 4.78 is 13.1. The van der Waals surface area contributed by atoms with Crippen molar-refractivity contribution in [2.75, 3.05) is 5.73 Å². The highest BCUT2D eigenvalue weighted by Gasteiger charge is 2.08. The number of halogens is 2. The number of aromatic nitrogens is 1. The second kappa shape index (κ2) is 3.55. The summed E-state index contributed by atoms with van der Waals surface area (Å²) in [6.45, 7) is 0. The quantitative estimate of drug-likeness (QED) is 0.814. The van der Waals surface area contributed by atoms with Gasteiger partial charge in [0.1, 0.15) is 16.5 Å². The van der Waals surface area contributed by atoms with Crippen LogP contribution in [0.4, 0.5) is 9.39 Å². The number of thiazole rings is 1. The lowest BCUT2D eigenvalue weighted by Gasteiger charge is -1.99. The minimum atomic E-state index is -0.462. The minimum Gasteiger partial charge on any atom is -0.389 e. The van der Waals surface area contributed by atoms with E-state index in [1.807, 2.05) is 0 Å². The van der Waals surface area contributed by atoms with Crippen LogP contribution in [-0.4, -0.2) is 4.98 Å². The maximum atomic E-state index is 13.1. The molecule has 5 heteroatoms. The van der Waals surface area contributed by atoms with E-state index in [0.717, 1.165) is 0 Å². The van der Waals surface area contributed by atoms with Crippen molar-refractivity contribution in [3.63, 3.8) is 0 Å². The standard InChI is InChI=1S/C9H6ClFN2S/c10-6-2-1-5(3-7(6)11)8-9(12)14-4-13-8/h1-4H,12H2. The molecule has 0 aliphatic heterocycles. The molecule has 2 nitrogen and oxygen atoms in total. The van der Waals surface area contributed by atoms with E-state index in [1.165, 1.54) is 23.5 Å². The van der Waals surface area contributed by atoms with Gasteiger partial charge in [0.25, 0.3) is 0 Å². The summed E-state index contributed by atoms with van der Waals surface area (Å²) in [5.74, 6) is -0.462. The van der Waals surface area contributed by atoms with Crippen molar-refractivity contribution in [2.45, 2.75) is 0 Å². The van der Waals surface area contributed by atoms with Gasteiger partial charge in [-0.05, 0) is 12.1 Å². The molecule has 0 amide bonds. The molecule has 0 aliphatic rings. The van der Waals surface area contributed by atoms with Crippen LogP contribution >= 0.6 is 22.9 Å². The third-order valence-electron chi connectivity index (χ3n) is 1.79. The lowest BCUT2D eigenvalue weighted by molar-refractivity contribution is 0.629. The van der Waals surface area contributed by atoms with E-state index in [4.69, 9.17) is 17.3 Å². The van der Waals surface area contributed by atoms with Crippen molar-refractivity contribution < 1.29 is 4.39 Å². The zero-order valence-corrected chi connectivity index (χ0v) is 8.57. The molecule has 0 fully saturated rings. The van der Waals surface area contributed by atoms with Gasteiger partial charge in [0.2, 0.25) is 0 Å². The fourth-order valence-electron chi connectivity index (χ4n) is 1.12. The lowest BCUT2D eigenvalue weighted by atomic mass is 10.1. The Labute approximate surface area is 89.2 Å². The Bertz CT molecular complexity index is 470. The lowest BCUT2D eigenvalue weighted by Crippen LogP contribution is -1.87. The number of anilines is 1. The highest BCUT2D eigenvalue weighted by molar-refractivity contribution is 7.14. The first-order valence-electron chi connectivity index (χ1n) is 3.83. The summed E-state index contributed by atoms with van der Waals surface area (Å²) in [5, 5.41) is 0.675. The highest BCUT2D eigenvalue weighted by atomic mass is 35.5. The van der Waals surface area contributed by atoms with Crippen LogP contribution in [-0.2, 0) is 0 Å². The Balaban J connectivity index is 2.53. The van der Waals surface area contributed by atoms with Gasteiger partial charge in [0, 0.05) is 5.56 Å². The van der Waals surface area contributed by atoms with Gasteiger partial charge in [0.15, 0.2) is 0 Å². The SMILES string of the molecule is Nc1scnc1-c1ccc(Cl)c(F)c1. The first-order valence-corrected chi connectivity index (χ1v) is 5.08. The maximum absolute atomic E-state index is 13.1. The molecule has 1 heterocycles. The van der Waals surface area contributed by atoms with E-state index in [1.54, 1.807) is 11.6 Å². The monoisotopic (exact) mass is 228 g/mol. The van der Waals surface area contributed by atoms with Crippen molar-refractivity contribution >= 4 is 27.9 Å². The summed E-state index contributed by atoms with van der Waals surface area (Å²) in [7, 11) is 0. The van der Waals surface area contributed by atoms with Crippen molar-refractivity contribution in [1.82, 2.24) is 4.98 Å². The fraction of sp³-hybridized carbons (Fsp3) is 0. The maximum Gasteiger partial charge on any atom is 0.142 e. The molecule has 2 aromatic rings. The molecule has 1 aromatic carbocycles. The van der Waals surface area contributed by atoms with Crippen LogP contribution in [0.15, 0.2) is 23.7 Å². The van der Waals surface area contributed by atoms with E-state index in [0.29, 0.717) is 16.3 Å². The van der Waals surface area contributed by atoms with E-state index in [9.17, 15) is 4.39 Å². The third kappa shape index (κ3) is 1.58. The van der Waals surface area contributed by atoms with Crippen LogP contribution in [0.1, 0.15) is 0 Å². The number of nitrogen functional groups attached to an aromatic ring is 1. The number of hydrogen-bond donors (Lipinski definition) is 1. The van der Waals surface area contributed by atoms with Gasteiger partial charge in [0.05, 0.1) is 10.5 Å². The van der Waals surface area contributed by atoms with Gasteiger partial charge in [-0.15, -0.1) is 11.3 Å². The van der Waals surface area contributed by atoms with E-state index in [2.05, 4.69) is 4.98 Å². The molecule has 72 valence electrons. The molecular formula is C9H6ClFN2S. The number of nitrogens with two attached hydrogens (primary N) is 1. The van der Waals surface area contributed by atoms with E-state index in [-0.39, 0.29) is 5.02 Å². The molecule has 0 saturated heterocycles. The van der Waals surface area contributed by atoms with Crippen molar-refractivity contribution in [1.29, 1.82) is 0 Å². The highest BCUT2D eigenvalue weighted by Crippen LogP contribution is 2.29. The van der Waals surface area contributed by atoms with Crippen LogP contribution in [0, 0.1) is 5.82 Å². The molecule has 0 saturated carbocycles. The molecule has 0 radical (unpaired) electrons. The van der Waals surface area contributed by atoms with Gasteiger partial charge in [-0.2, -0.15) is 0 Å². The van der Waals surface area contributed by atoms with Crippen LogP contribution in [0.25, 0.3) is 11.3 Å². The Morgan fingerprint density at radius 1 is 1.43 bits per heavy atom. The predicted molar refractivity (Wildman–Crippen MR) is 56.9 cm³/mol. The van der Waals surface area contributed by atoms with Crippen molar-refractivity contribution in [2.24, 2.45) is 0 Å². The van der Waals surface area contributed by atoms with Gasteiger partial charge in [-0.1, -0.05) is 17.7 Å². The first kappa shape index (κ1) is 9.43. The Morgan fingerprint density at radius 2 is 2.21 bits per heavy atom. The Kier molecular flexibility index (Phi) is 2.39. The summed E-state index contributed by atoms with van der Waals surface area (Å²) in [6, 6.07) is 4.51. The van der Waals surface area contributed by atoms with Gasteiger partial charge in [-0.3, -0.25) is 0 Å². The fourth-order valence-corrected chi connectivity index (χ4v) is 1.79. The summed E-state index contributed by atoms with van der Waals surface area (Å²) >= 11 is 6.88. The van der Waals surface area contributed by atoms with Crippen molar-refractivity contribution in [3.05, 3.63) is 34.5 Å². The van der Waals surface area contributed by atoms with E-state index >= 15 is 0 Å². The summed E-state index contributed by atoms with van der Waals surface area (Å²) in [4.78, 5) is 4.04. The zero-order chi connectivity index (χ0) is 10.1. The molecule has 2 rings (SSSR count). The van der Waals surface area contributed by atoms with Crippen molar-refractivity contribution in [3.8, 4) is 11.3 Å². The number of nitrogens with zero attached hydrogens (tertiary/aromatic N) is 1. The largest absolute Gasteiger partial charge is 0.389 e. The smallest absolute Gasteiger partial charge is 0.142 e. The average Bonchev–Trinajstić information content (AvgIpc) is 2.57. The molecule has 2 N–H and O–H groups in total. The number of hydrogen-bond acceptors (Lipinski definition) is 3. The number of benzene rings is 1. The van der Waals surface area contributed by atoms with Crippen LogP contribution in [0.5, 0.6) is 0 Å².